The lowest BCUT2D eigenvalue weighted by Crippen LogP contribution is -3.00. The van der Waals surface area contributed by atoms with E-state index < -0.39 is 0 Å². The van der Waals surface area contributed by atoms with Crippen LogP contribution >= 0.6 is 0 Å². The number of benzene rings is 3. The van der Waals surface area contributed by atoms with Gasteiger partial charge in [-0.3, -0.25) is 9.59 Å². The molecule has 4 rings (SSSR count). The van der Waals surface area contributed by atoms with E-state index in [-0.39, 0.29) is 17.0 Å². The minimum absolute atomic E-state index is 0. The number of halogens is 1. The van der Waals surface area contributed by atoms with Crippen molar-refractivity contribution in [3.8, 4) is 0 Å². The summed E-state index contributed by atoms with van der Waals surface area (Å²) in [4.78, 5) is 21.9. The van der Waals surface area contributed by atoms with Crippen LogP contribution < -0.4 is 21.5 Å². The Labute approximate surface area is 186 Å². The molecule has 1 aromatic heterocycles. The minimum Gasteiger partial charge on any atom is -1.00 e. The van der Waals surface area contributed by atoms with E-state index >= 15 is 0 Å². The van der Waals surface area contributed by atoms with Gasteiger partial charge in [-0.25, -0.2) is 9.13 Å². The van der Waals surface area contributed by atoms with Crippen molar-refractivity contribution >= 4 is 23.6 Å². The molecule has 0 fully saturated rings. The van der Waals surface area contributed by atoms with E-state index in [9.17, 15) is 9.59 Å². The third-order valence-corrected chi connectivity index (χ3v) is 5.42. The first-order valence-corrected chi connectivity index (χ1v) is 9.62. The molecule has 0 saturated heterocycles. The average Bonchev–Trinajstić information content (AvgIpc) is 3.02. The van der Waals surface area contributed by atoms with Crippen molar-refractivity contribution < 1.29 is 31.1 Å². The first-order chi connectivity index (χ1) is 14.1. The molecule has 0 N–H and O–H groups in total. The fraction of sp³-hybridized carbons (Fsp3) is 0.160. The predicted octanol–water partition coefficient (Wildman–Crippen LogP) is 0.813. The van der Waals surface area contributed by atoms with Crippen molar-refractivity contribution in [2.45, 2.75) is 12.8 Å². The van der Waals surface area contributed by atoms with E-state index in [0.29, 0.717) is 11.1 Å². The maximum absolute atomic E-state index is 10.9. The first kappa shape index (κ1) is 21.7. The Bertz CT molecular complexity index is 1100. The Morgan fingerprint density at radius 2 is 1.27 bits per heavy atom. The lowest BCUT2D eigenvalue weighted by molar-refractivity contribution is -0.645. The summed E-state index contributed by atoms with van der Waals surface area (Å²) in [6.07, 6.45) is 5.41. The molecule has 152 valence electrons. The number of aromatic nitrogens is 2. The normalized spacial score (nSPS) is 10.6. The SMILES string of the molecule is Cn1c[n+](C)c2cc(Cc3ccc(C=O)cc3)c(Cc3ccc(C=O)cc3)cc21.[Br-]. The first-order valence-electron chi connectivity index (χ1n) is 9.62. The predicted molar refractivity (Wildman–Crippen MR) is 113 cm³/mol. The molecule has 0 spiro atoms. The summed E-state index contributed by atoms with van der Waals surface area (Å²) >= 11 is 0. The van der Waals surface area contributed by atoms with Crippen LogP contribution in [0.25, 0.3) is 11.0 Å². The third kappa shape index (κ3) is 4.41. The molecular weight excluding hydrogens is 440 g/mol. The molecule has 3 aromatic carbocycles. The molecule has 30 heavy (non-hydrogen) atoms. The summed E-state index contributed by atoms with van der Waals surface area (Å²) in [5.74, 6) is 0. The molecule has 0 aliphatic carbocycles. The molecular formula is C25H23BrN2O2. The monoisotopic (exact) mass is 462 g/mol. The van der Waals surface area contributed by atoms with Gasteiger partial charge in [0.25, 0.3) is 0 Å². The fourth-order valence-electron chi connectivity index (χ4n) is 3.81. The summed E-state index contributed by atoms with van der Waals surface area (Å²) in [5.41, 5.74) is 8.62. The molecule has 0 aliphatic rings. The topological polar surface area (TPSA) is 43.0 Å². The quantitative estimate of drug-likeness (QED) is 0.314. The van der Waals surface area contributed by atoms with Crippen molar-refractivity contribution in [2.75, 3.05) is 0 Å². The van der Waals surface area contributed by atoms with Crippen LogP contribution in [0, 0.1) is 0 Å². The lowest BCUT2D eigenvalue weighted by atomic mass is 9.94. The molecule has 0 radical (unpaired) electrons. The molecule has 5 heteroatoms. The van der Waals surface area contributed by atoms with Crippen molar-refractivity contribution in [3.63, 3.8) is 0 Å². The Hall–Kier alpha value is -3.05. The third-order valence-electron chi connectivity index (χ3n) is 5.42. The number of nitrogens with zero attached hydrogens (tertiary/aromatic N) is 2. The zero-order chi connectivity index (χ0) is 20.4. The van der Waals surface area contributed by atoms with Gasteiger partial charge in [-0.1, -0.05) is 48.5 Å². The van der Waals surface area contributed by atoms with Gasteiger partial charge in [0.1, 0.15) is 12.6 Å². The highest BCUT2D eigenvalue weighted by atomic mass is 79.9. The molecule has 0 saturated carbocycles. The fourth-order valence-corrected chi connectivity index (χ4v) is 3.81. The number of aldehydes is 2. The van der Waals surface area contributed by atoms with Gasteiger partial charge >= 0.3 is 0 Å². The van der Waals surface area contributed by atoms with E-state index in [1.807, 2.05) is 48.5 Å². The van der Waals surface area contributed by atoms with Gasteiger partial charge < -0.3 is 17.0 Å². The van der Waals surface area contributed by atoms with Crippen molar-refractivity contribution in [1.82, 2.24) is 4.57 Å². The van der Waals surface area contributed by atoms with Crippen LogP contribution in [0.3, 0.4) is 0 Å². The lowest BCUT2D eigenvalue weighted by Gasteiger charge is -2.11. The Morgan fingerprint density at radius 3 is 1.73 bits per heavy atom. The molecule has 0 bridgehead atoms. The number of carbonyl (C=O) groups excluding carboxylic acids is 2. The summed E-state index contributed by atoms with van der Waals surface area (Å²) in [6.45, 7) is 0. The molecule has 1 heterocycles. The highest BCUT2D eigenvalue weighted by Gasteiger charge is 2.16. The van der Waals surface area contributed by atoms with Crippen LogP contribution in [-0.2, 0) is 26.9 Å². The zero-order valence-electron chi connectivity index (χ0n) is 17.0. The van der Waals surface area contributed by atoms with E-state index in [1.54, 1.807) is 0 Å². The second-order valence-corrected chi connectivity index (χ2v) is 7.52. The summed E-state index contributed by atoms with van der Waals surface area (Å²) in [7, 11) is 4.12. The minimum atomic E-state index is 0. The Morgan fingerprint density at radius 1 is 0.800 bits per heavy atom. The molecule has 4 nitrogen and oxygen atoms in total. The van der Waals surface area contributed by atoms with Crippen molar-refractivity contribution in [1.29, 1.82) is 0 Å². The maximum Gasteiger partial charge on any atom is 0.244 e. The summed E-state index contributed by atoms with van der Waals surface area (Å²) in [5, 5.41) is 0. The van der Waals surface area contributed by atoms with E-state index in [1.165, 1.54) is 33.3 Å². The van der Waals surface area contributed by atoms with Gasteiger partial charge in [-0.05, 0) is 47.2 Å². The van der Waals surface area contributed by atoms with E-state index in [0.717, 1.165) is 25.4 Å². The highest BCUT2D eigenvalue weighted by molar-refractivity contribution is 5.76. The van der Waals surface area contributed by atoms with Gasteiger partial charge in [0.2, 0.25) is 6.33 Å². The summed E-state index contributed by atoms with van der Waals surface area (Å²) < 4.78 is 4.27. The maximum atomic E-state index is 10.9. The number of fused-ring (bicyclic) bond motifs is 1. The number of carbonyl (C=O) groups is 2. The van der Waals surface area contributed by atoms with Gasteiger partial charge in [0, 0.05) is 11.1 Å². The van der Waals surface area contributed by atoms with Crippen LogP contribution in [0.1, 0.15) is 43.0 Å². The zero-order valence-corrected chi connectivity index (χ0v) is 18.6. The van der Waals surface area contributed by atoms with Gasteiger partial charge in [0.15, 0.2) is 11.0 Å². The Balaban J connectivity index is 0.00000256. The highest BCUT2D eigenvalue weighted by Crippen LogP contribution is 2.24. The van der Waals surface area contributed by atoms with Gasteiger partial charge in [-0.15, -0.1) is 0 Å². The second kappa shape index (κ2) is 9.18. The van der Waals surface area contributed by atoms with E-state index in [4.69, 9.17) is 0 Å². The molecule has 0 unspecified atom stereocenters. The van der Waals surface area contributed by atoms with Crippen LogP contribution in [0.15, 0.2) is 67.0 Å². The van der Waals surface area contributed by atoms with Crippen molar-refractivity contribution in [3.05, 3.63) is 100 Å². The number of hydrogen-bond acceptors (Lipinski definition) is 2. The molecule has 4 aromatic rings. The second-order valence-electron chi connectivity index (χ2n) is 7.52. The van der Waals surface area contributed by atoms with E-state index in [2.05, 4.69) is 41.7 Å². The molecule has 0 atom stereocenters. The van der Waals surface area contributed by atoms with Crippen LogP contribution in [0.2, 0.25) is 0 Å². The largest absolute Gasteiger partial charge is 1.00 e. The van der Waals surface area contributed by atoms with Crippen LogP contribution in [-0.4, -0.2) is 17.1 Å². The number of rotatable bonds is 6. The van der Waals surface area contributed by atoms with Gasteiger partial charge in [0.05, 0.1) is 14.1 Å². The number of imidazole rings is 1. The number of hydrogen-bond donors (Lipinski definition) is 0. The average molecular weight is 463 g/mol. The standard InChI is InChI=1S/C25H23N2O2.BrH/c1-26-17-27(2)25-14-23(12-19-5-9-21(16-29)10-6-19)22(13-24(25)26)11-18-3-7-20(15-28)8-4-18;/h3-10,13-17H,11-12H2,1-2H3;1H/q+1;/p-1. The Kier molecular flexibility index (Phi) is 6.63. The smallest absolute Gasteiger partial charge is 0.244 e. The number of aryl methyl sites for hydroxylation is 2. The molecule has 0 aliphatic heterocycles. The van der Waals surface area contributed by atoms with Crippen molar-refractivity contribution in [2.24, 2.45) is 14.1 Å². The van der Waals surface area contributed by atoms with Gasteiger partial charge in [-0.2, -0.15) is 0 Å². The van der Waals surface area contributed by atoms with Crippen LogP contribution in [0.4, 0.5) is 0 Å². The molecule has 0 amide bonds. The van der Waals surface area contributed by atoms with Crippen LogP contribution in [0.5, 0.6) is 0 Å². The summed E-state index contributed by atoms with van der Waals surface area (Å²) in [6, 6.07) is 20.0.